The first kappa shape index (κ1) is 16.1. The largest absolute Gasteiger partial charge is 0.378 e. The lowest BCUT2D eigenvalue weighted by Gasteiger charge is -2.27. The van der Waals surface area contributed by atoms with Gasteiger partial charge in [-0.05, 0) is 19.1 Å². The highest BCUT2D eigenvalue weighted by Gasteiger charge is 2.24. The number of aromatic nitrogens is 3. The highest BCUT2D eigenvalue weighted by Crippen LogP contribution is 2.30. The zero-order chi connectivity index (χ0) is 17.4. The first-order valence-corrected chi connectivity index (χ1v) is 8.51. The number of para-hydroxylation sites is 1. The van der Waals surface area contributed by atoms with Crippen molar-refractivity contribution in [1.82, 2.24) is 19.7 Å². The number of nitrogens with zero attached hydrogens (tertiary/aromatic N) is 4. The summed E-state index contributed by atoms with van der Waals surface area (Å²) in [4.78, 5) is 19.0. The molecule has 2 aromatic heterocycles. The van der Waals surface area contributed by atoms with Crippen LogP contribution in [0.4, 0.5) is 0 Å². The Balaban J connectivity index is 1.81. The maximum atomic E-state index is 12.8. The van der Waals surface area contributed by atoms with Gasteiger partial charge in [0.15, 0.2) is 5.65 Å². The molecule has 1 fully saturated rings. The van der Waals surface area contributed by atoms with Crippen LogP contribution in [0, 0.1) is 6.92 Å². The molecule has 7 heteroatoms. The van der Waals surface area contributed by atoms with E-state index in [-0.39, 0.29) is 5.91 Å². The summed E-state index contributed by atoms with van der Waals surface area (Å²) in [6.45, 7) is 4.09. The summed E-state index contributed by atoms with van der Waals surface area (Å²) in [6, 6.07) is 9.73. The Morgan fingerprint density at radius 2 is 1.92 bits per heavy atom. The van der Waals surface area contributed by atoms with Crippen LogP contribution >= 0.6 is 11.6 Å². The maximum absolute atomic E-state index is 12.8. The zero-order valence-corrected chi connectivity index (χ0v) is 14.5. The summed E-state index contributed by atoms with van der Waals surface area (Å²) < 4.78 is 7.05. The van der Waals surface area contributed by atoms with Gasteiger partial charge in [-0.3, -0.25) is 4.79 Å². The first-order valence-electron chi connectivity index (χ1n) is 8.13. The maximum Gasteiger partial charge on any atom is 0.257 e. The third kappa shape index (κ3) is 2.77. The van der Waals surface area contributed by atoms with Gasteiger partial charge in [-0.25, -0.2) is 9.67 Å². The monoisotopic (exact) mass is 356 g/mol. The van der Waals surface area contributed by atoms with E-state index < -0.39 is 0 Å². The lowest BCUT2D eigenvalue weighted by molar-refractivity contribution is 0.0303. The predicted molar refractivity (Wildman–Crippen MR) is 95.3 cm³/mol. The number of halogens is 1. The van der Waals surface area contributed by atoms with Gasteiger partial charge in [-0.1, -0.05) is 29.8 Å². The second-order valence-corrected chi connectivity index (χ2v) is 6.30. The van der Waals surface area contributed by atoms with E-state index in [1.54, 1.807) is 15.8 Å². The van der Waals surface area contributed by atoms with Crippen LogP contribution < -0.4 is 0 Å². The van der Waals surface area contributed by atoms with E-state index in [1.165, 1.54) is 0 Å². The van der Waals surface area contributed by atoms with Crippen molar-refractivity contribution in [3.05, 3.63) is 52.8 Å². The van der Waals surface area contributed by atoms with Gasteiger partial charge in [0, 0.05) is 19.3 Å². The number of pyridine rings is 1. The van der Waals surface area contributed by atoms with E-state index in [0.717, 1.165) is 11.4 Å². The molecular weight excluding hydrogens is 340 g/mol. The van der Waals surface area contributed by atoms with Crippen LogP contribution in [0.2, 0.25) is 5.02 Å². The number of amides is 1. The molecule has 0 radical (unpaired) electrons. The summed E-state index contributed by atoms with van der Waals surface area (Å²) in [5.41, 5.74) is 2.70. The molecule has 0 aliphatic carbocycles. The van der Waals surface area contributed by atoms with E-state index >= 15 is 0 Å². The SMILES string of the molecule is Cc1nn(-c2ccccc2)c2ncc(C(=O)N3CCOCC3)c(Cl)c12. The molecule has 0 saturated carbocycles. The minimum atomic E-state index is -0.116. The van der Waals surface area contributed by atoms with Crippen molar-refractivity contribution in [3.8, 4) is 5.69 Å². The van der Waals surface area contributed by atoms with Gasteiger partial charge in [-0.2, -0.15) is 5.10 Å². The molecule has 1 amide bonds. The molecule has 0 bridgehead atoms. The van der Waals surface area contributed by atoms with E-state index in [0.29, 0.717) is 47.9 Å². The molecule has 1 aliphatic rings. The Hall–Kier alpha value is -2.44. The van der Waals surface area contributed by atoms with Crippen molar-refractivity contribution in [3.63, 3.8) is 0 Å². The first-order chi connectivity index (χ1) is 12.2. The molecule has 3 heterocycles. The van der Waals surface area contributed by atoms with Gasteiger partial charge in [0.25, 0.3) is 5.91 Å². The molecule has 0 N–H and O–H groups in total. The Morgan fingerprint density at radius 3 is 2.64 bits per heavy atom. The molecule has 0 unspecified atom stereocenters. The molecule has 1 saturated heterocycles. The number of hydrogen-bond donors (Lipinski definition) is 0. The Bertz CT molecular complexity index is 933. The second-order valence-electron chi connectivity index (χ2n) is 5.92. The van der Waals surface area contributed by atoms with Crippen LogP contribution in [-0.2, 0) is 4.74 Å². The summed E-state index contributed by atoms with van der Waals surface area (Å²) in [5, 5.41) is 5.68. The van der Waals surface area contributed by atoms with E-state index in [9.17, 15) is 4.79 Å². The quantitative estimate of drug-likeness (QED) is 0.708. The number of carbonyl (C=O) groups is 1. The second kappa shape index (κ2) is 6.46. The van der Waals surface area contributed by atoms with Crippen LogP contribution in [0.25, 0.3) is 16.7 Å². The van der Waals surface area contributed by atoms with Crippen molar-refractivity contribution < 1.29 is 9.53 Å². The lowest BCUT2D eigenvalue weighted by Crippen LogP contribution is -2.40. The highest BCUT2D eigenvalue weighted by molar-refractivity contribution is 6.38. The number of ether oxygens (including phenoxy) is 1. The molecular formula is C18H17ClN4O2. The fourth-order valence-corrected chi connectivity index (χ4v) is 3.39. The molecule has 0 atom stereocenters. The summed E-state index contributed by atoms with van der Waals surface area (Å²) in [7, 11) is 0. The van der Waals surface area contributed by atoms with Crippen molar-refractivity contribution in [2.24, 2.45) is 0 Å². The summed E-state index contributed by atoms with van der Waals surface area (Å²) in [6.07, 6.45) is 1.54. The van der Waals surface area contributed by atoms with Crippen molar-refractivity contribution in [2.75, 3.05) is 26.3 Å². The number of morpholine rings is 1. The fourth-order valence-electron chi connectivity index (χ4n) is 3.04. The van der Waals surface area contributed by atoms with Crippen molar-refractivity contribution in [2.45, 2.75) is 6.92 Å². The average Bonchev–Trinajstić information content (AvgIpc) is 3.00. The number of rotatable bonds is 2. The number of carbonyl (C=O) groups excluding carboxylic acids is 1. The molecule has 1 aliphatic heterocycles. The Kier molecular flexibility index (Phi) is 4.15. The van der Waals surface area contributed by atoms with Crippen LogP contribution in [0.5, 0.6) is 0 Å². The average molecular weight is 357 g/mol. The summed E-state index contributed by atoms with van der Waals surface area (Å²) in [5.74, 6) is -0.116. The number of fused-ring (bicyclic) bond motifs is 1. The number of benzene rings is 1. The molecule has 6 nitrogen and oxygen atoms in total. The third-order valence-corrected chi connectivity index (χ3v) is 4.73. The van der Waals surface area contributed by atoms with E-state index in [2.05, 4.69) is 10.1 Å². The molecule has 4 rings (SSSR count). The number of hydrogen-bond acceptors (Lipinski definition) is 4. The molecule has 25 heavy (non-hydrogen) atoms. The van der Waals surface area contributed by atoms with Gasteiger partial charge < -0.3 is 9.64 Å². The summed E-state index contributed by atoms with van der Waals surface area (Å²) >= 11 is 6.59. The Labute approximate surface area is 150 Å². The van der Waals surface area contributed by atoms with Crippen LogP contribution in [0.3, 0.4) is 0 Å². The zero-order valence-electron chi connectivity index (χ0n) is 13.8. The van der Waals surface area contributed by atoms with Crippen LogP contribution in [-0.4, -0.2) is 51.9 Å². The molecule has 1 aromatic carbocycles. The van der Waals surface area contributed by atoms with Gasteiger partial charge in [-0.15, -0.1) is 0 Å². The minimum Gasteiger partial charge on any atom is -0.378 e. The standard InChI is InChI=1S/C18H17ClN4O2/c1-12-15-16(19)14(18(24)22-7-9-25-10-8-22)11-20-17(15)23(21-12)13-5-3-2-4-6-13/h2-6,11H,7-10H2,1H3. The molecule has 3 aromatic rings. The van der Waals surface area contributed by atoms with Gasteiger partial charge >= 0.3 is 0 Å². The smallest absolute Gasteiger partial charge is 0.257 e. The lowest BCUT2D eigenvalue weighted by atomic mass is 10.1. The fraction of sp³-hybridized carbons (Fsp3) is 0.278. The van der Waals surface area contributed by atoms with Gasteiger partial charge in [0.05, 0.1) is 40.6 Å². The molecule has 128 valence electrons. The highest BCUT2D eigenvalue weighted by atomic mass is 35.5. The normalized spacial score (nSPS) is 14.9. The van der Waals surface area contributed by atoms with Crippen molar-refractivity contribution >= 4 is 28.5 Å². The van der Waals surface area contributed by atoms with Gasteiger partial charge in [0.2, 0.25) is 0 Å². The third-order valence-electron chi connectivity index (χ3n) is 4.34. The minimum absolute atomic E-state index is 0.116. The molecule has 0 spiro atoms. The Morgan fingerprint density at radius 1 is 1.20 bits per heavy atom. The van der Waals surface area contributed by atoms with E-state index in [4.69, 9.17) is 16.3 Å². The topological polar surface area (TPSA) is 60.2 Å². The van der Waals surface area contributed by atoms with Crippen LogP contribution in [0.15, 0.2) is 36.5 Å². The van der Waals surface area contributed by atoms with Gasteiger partial charge in [0.1, 0.15) is 0 Å². The van der Waals surface area contributed by atoms with Crippen molar-refractivity contribution in [1.29, 1.82) is 0 Å². The van der Waals surface area contributed by atoms with Crippen LogP contribution in [0.1, 0.15) is 16.1 Å². The number of aryl methyl sites for hydroxylation is 1. The predicted octanol–water partition coefficient (Wildman–Crippen LogP) is 2.85. The van der Waals surface area contributed by atoms with E-state index in [1.807, 2.05) is 37.3 Å².